The van der Waals surface area contributed by atoms with Crippen molar-refractivity contribution in [3.63, 3.8) is 0 Å². The lowest BCUT2D eigenvalue weighted by Crippen LogP contribution is -2.37. The van der Waals surface area contributed by atoms with Gasteiger partial charge in [0, 0.05) is 31.5 Å². The van der Waals surface area contributed by atoms with Crippen molar-refractivity contribution in [2.75, 3.05) is 41.8 Å². The Labute approximate surface area is 187 Å². The maximum atomic E-state index is 5.55. The van der Waals surface area contributed by atoms with Crippen molar-refractivity contribution in [1.82, 2.24) is 19.5 Å². The number of anilines is 5. The molecule has 2 aromatic carbocycles. The Balaban J connectivity index is 1.58. The van der Waals surface area contributed by atoms with Gasteiger partial charge in [0.15, 0.2) is 17.0 Å². The molecule has 1 aliphatic heterocycles. The standard InChI is InChI=1S/C24H27N7O/c1-16-6-4-8-18(14-16)25-23-28-21-20(22(29-23)31-10-12-32-13-11-31)27-24(30(21)3)26-19-9-5-7-17(2)15-19/h4-9,14-15H,10-13H2,1-3H3,(H,26,27)(H,25,28,29). The third-order valence-corrected chi connectivity index (χ3v) is 5.56. The summed E-state index contributed by atoms with van der Waals surface area (Å²) < 4.78 is 7.53. The fraction of sp³-hybridized carbons (Fsp3) is 0.292. The minimum absolute atomic E-state index is 0.551. The average molecular weight is 430 g/mol. The second-order valence-electron chi connectivity index (χ2n) is 8.13. The first-order chi connectivity index (χ1) is 15.6. The summed E-state index contributed by atoms with van der Waals surface area (Å²) in [5.74, 6) is 2.10. The number of hydrogen-bond acceptors (Lipinski definition) is 7. The van der Waals surface area contributed by atoms with E-state index in [0.717, 1.165) is 47.4 Å². The van der Waals surface area contributed by atoms with Crippen LogP contribution in [0, 0.1) is 13.8 Å². The van der Waals surface area contributed by atoms with Crippen LogP contribution in [0.1, 0.15) is 11.1 Å². The van der Waals surface area contributed by atoms with Gasteiger partial charge in [0.1, 0.15) is 0 Å². The van der Waals surface area contributed by atoms with Gasteiger partial charge in [-0.1, -0.05) is 24.3 Å². The molecular weight excluding hydrogens is 402 g/mol. The molecule has 32 heavy (non-hydrogen) atoms. The highest BCUT2D eigenvalue weighted by atomic mass is 16.5. The number of morpholine rings is 1. The van der Waals surface area contributed by atoms with Gasteiger partial charge in [-0.2, -0.15) is 9.97 Å². The minimum atomic E-state index is 0.551. The molecule has 0 atom stereocenters. The number of fused-ring (bicyclic) bond motifs is 1. The first kappa shape index (κ1) is 20.3. The van der Waals surface area contributed by atoms with Crippen molar-refractivity contribution in [3.8, 4) is 0 Å². The molecule has 164 valence electrons. The lowest BCUT2D eigenvalue weighted by molar-refractivity contribution is 0.122. The Morgan fingerprint density at radius 3 is 2.16 bits per heavy atom. The first-order valence-corrected chi connectivity index (χ1v) is 10.8. The normalized spacial score (nSPS) is 14.0. The molecule has 0 spiro atoms. The smallest absolute Gasteiger partial charge is 0.231 e. The predicted molar refractivity (Wildman–Crippen MR) is 128 cm³/mol. The molecule has 1 saturated heterocycles. The number of benzene rings is 2. The third kappa shape index (κ3) is 4.09. The van der Waals surface area contributed by atoms with Gasteiger partial charge in [-0.25, -0.2) is 4.98 Å². The van der Waals surface area contributed by atoms with E-state index in [2.05, 4.69) is 53.6 Å². The zero-order chi connectivity index (χ0) is 22.1. The molecule has 8 heteroatoms. The van der Waals surface area contributed by atoms with Crippen LogP contribution in [0.3, 0.4) is 0 Å². The van der Waals surface area contributed by atoms with Crippen LogP contribution >= 0.6 is 0 Å². The summed E-state index contributed by atoms with van der Waals surface area (Å²) in [7, 11) is 1.97. The van der Waals surface area contributed by atoms with E-state index in [1.165, 1.54) is 11.1 Å². The summed E-state index contributed by atoms with van der Waals surface area (Å²) in [5, 5.41) is 6.80. The maximum Gasteiger partial charge on any atom is 0.231 e. The summed E-state index contributed by atoms with van der Waals surface area (Å²) in [5.41, 5.74) is 5.85. The van der Waals surface area contributed by atoms with E-state index in [-0.39, 0.29) is 0 Å². The second kappa shape index (κ2) is 8.47. The number of aryl methyl sites for hydroxylation is 3. The van der Waals surface area contributed by atoms with Crippen molar-refractivity contribution < 1.29 is 4.74 Å². The number of imidazole rings is 1. The van der Waals surface area contributed by atoms with Crippen LogP contribution < -0.4 is 15.5 Å². The molecule has 5 rings (SSSR count). The van der Waals surface area contributed by atoms with Crippen LogP contribution in [0.2, 0.25) is 0 Å². The van der Waals surface area contributed by atoms with Crippen molar-refractivity contribution in [2.24, 2.45) is 7.05 Å². The summed E-state index contributed by atoms with van der Waals surface area (Å²) >= 11 is 0. The van der Waals surface area contributed by atoms with E-state index >= 15 is 0 Å². The first-order valence-electron chi connectivity index (χ1n) is 10.8. The zero-order valence-electron chi connectivity index (χ0n) is 18.6. The molecular formula is C24H27N7O. The molecule has 2 N–H and O–H groups in total. The summed E-state index contributed by atoms with van der Waals surface area (Å²) in [4.78, 5) is 16.8. The van der Waals surface area contributed by atoms with Gasteiger partial charge in [-0.3, -0.25) is 4.57 Å². The molecule has 0 radical (unpaired) electrons. The van der Waals surface area contributed by atoms with Crippen LogP contribution in [0.25, 0.3) is 11.2 Å². The van der Waals surface area contributed by atoms with Crippen LogP contribution in [0.15, 0.2) is 48.5 Å². The van der Waals surface area contributed by atoms with E-state index in [4.69, 9.17) is 19.7 Å². The number of nitrogens with one attached hydrogen (secondary N) is 2. The van der Waals surface area contributed by atoms with E-state index in [0.29, 0.717) is 19.2 Å². The van der Waals surface area contributed by atoms with E-state index < -0.39 is 0 Å². The molecule has 0 unspecified atom stereocenters. The average Bonchev–Trinajstić information content (AvgIpc) is 3.09. The number of rotatable bonds is 5. The third-order valence-electron chi connectivity index (χ3n) is 5.56. The van der Waals surface area contributed by atoms with Gasteiger partial charge < -0.3 is 20.3 Å². The Morgan fingerprint density at radius 1 is 0.844 bits per heavy atom. The Bertz CT molecular complexity index is 1260. The SMILES string of the molecule is Cc1cccc(Nc2nc(N3CCOCC3)c3nc(Nc4cccc(C)c4)n(C)c3n2)c1. The van der Waals surface area contributed by atoms with Crippen molar-refractivity contribution >= 4 is 40.3 Å². The van der Waals surface area contributed by atoms with Gasteiger partial charge >= 0.3 is 0 Å². The fourth-order valence-electron chi connectivity index (χ4n) is 3.91. The number of hydrogen-bond donors (Lipinski definition) is 2. The molecule has 8 nitrogen and oxygen atoms in total. The van der Waals surface area contributed by atoms with E-state index in [1.54, 1.807) is 0 Å². The van der Waals surface area contributed by atoms with Gasteiger partial charge in [0.05, 0.1) is 13.2 Å². The Morgan fingerprint density at radius 2 is 1.50 bits per heavy atom. The lowest BCUT2D eigenvalue weighted by Gasteiger charge is -2.28. The highest BCUT2D eigenvalue weighted by molar-refractivity contribution is 5.88. The lowest BCUT2D eigenvalue weighted by atomic mass is 10.2. The number of nitrogens with zero attached hydrogens (tertiary/aromatic N) is 5. The Hall–Kier alpha value is -3.65. The molecule has 1 aliphatic rings. The molecule has 2 aromatic heterocycles. The molecule has 0 amide bonds. The topological polar surface area (TPSA) is 80.1 Å². The molecule has 0 bridgehead atoms. The largest absolute Gasteiger partial charge is 0.378 e. The van der Waals surface area contributed by atoms with Crippen LogP contribution in [0.5, 0.6) is 0 Å². The molecule has 1 fully saturated rings. The van der Waals surface area contributed by atoms with Gasteiger partial charge in [-0.15, -0.1) is 0 Å². The monoisotopic (exact) mass is 429 g/mol. The van der Waals surface area contributed by atoms with Crippen LogP contribution in [-0.4, -0.2) is 45.8 Å². The number of aromatic nitrogens is 4. The molecule has 0 saturated carbocycles. The molecule has 0 aliphatic carbocycles. The maximum absolute atomic E-state index is 5.55. The summed E-state index contributed by atoms with van der Waals surface area (Å²) in [6, 6.07) is 16.4. The van der Waals surface area contributed by atoms with Crippen molar-refractivity contribution in [3.05, 3.63) is 59.7 Å². The van der Waals surface area contributed by atoms with Gasteiger partial charge in [0.25, 0.3) is 0 Å². The fourth-order valence-corrected chi connectivity index (χ4v) is 3.91. The highest BCUT2D eigenvalue weighted by Crippen LogP contribution is 2.30. The number of ether oxygens (including phenoxy) is 1. The van der Waals surface area contributed by atoms with Gasteiger partial charge in [0.2, 0.25) is 11.9 Å². The molecule has 4 aromatic rings. The van der Waals surface area contributed by atoms with E-state index in [9.17, 15) is 0 Å². The minimum Gasteiger partial charge on any atom is -0.378 e. The van der Waals surface area contributed by atoms with E-state index in [1.807, 2.05) is 35.9 Å². The summed E-state index contributed by atoms with van der Waals surface area (Å²) in [6.07, 6.45) is 0. The van der Waals surface area contributed by atoms with Crippen molar-refractivity contribution in [1.29, 1.82) is 0 Å². The summed E-state index contributed by atoms with van der Waals surface area (Å²) in [6.45, 7) is 7.03. The highest BCUT2D eigenvalue weighted by Gasteiger charge is 2.22. The van der Waals surface area contributed by atoms with Crippen LogP contribution in [0.4, 0.5) is 29.1 Å². The molecule has 3 heterocycles. The van der Waals surface area contributed by atoms with Gasteiger partial charge in [-0.05, 0) is 49.2 Å². The van der Waals surface area contributed by atoms with Crippen LogP contribution in [-0.2, 0) is 11.8 Å². The predicted octanol–water partition coefficient (Wildman–Crippen LogP) is 4.30. The zero-order valence-corrected chi connectivity index (χ0v) is 18.6. The quantitative estimate of drug-likeness (QED) is 0.489. The second-order valence-corrected chi connectivity index (χ2v) is 8.13. The Kier molecular flexibility index (Phi) is 5.36. The van der Waals surface area contributed by atoms with Crippen molar-refractivity contribution in [2.45, 2.75) is 13.8 Å².